The van der Waals surface area contributed by atoms with Crippen LogP contribution in [0.15, 0.2) is 4.99 Å². The molecule has 1 rings (SSSR count). The first-order valence-electron chi connectivity index (χ1n) is 3.31. The Balaban J connectivity index is 2.54. The molecule has 0 unspecified atom stereocenters. The van der Waals surface area contributed by atoms with E-state index in [4.69, 9.17) is 5.73 Å². The summed E-state index contributed by atoms with van der Waals surface area (Å²) in [6, 6.07) is -0.764. The second-order valence-corrected chi connectivity index (χ2v) is 2.59. The van der Waals surface area contributed by atoms with E-state index < -0.39 is 6.03 Å². The van der Waals surface area contributed by atoms with Crippen molar-refractivity contribution in [2.75, 3.05) is 0 Å². The van der Waals surface area contributed by atoms with Gasteiger partial charge in [0.2, 0.25) is 11.0 Å². The van der Waals surface area contributed by atoms with Gasteiger partial charge in [-0.2, -0.15) is 0 Å². The van der Waals surface area contributed by atoms with Gasteiger partial charge in [0.25, 0.3) is 0 Å². The highest BCUT2D eigenvalue weighted by Gasteiger charge is 2.15. The predicted molar refractivity (Wildman–Crippen MR) is 48.6 cm³/mol. The molecule has 1 aliphatic rings. The van der Waals surface area contributed by atoms with Gasteiger partial charge < -0.3 is 11.1 Å². The van der Waals surface area contributed by atoms with Crippen LogP contribution in [-0.2, 0) is 4.79 Å². The third-order valence-electron chi connectivity index (χ3n) is 1.14. The van der Waals surface area contributed by atoms with Gasteiger partial charge in [0.05, 0.1) is 6.42 Å². The van der Waals surface area contributed by atoms with Gasteiger partial charge >= 0.3 is 6.03 Å². The number of amides is 3. The van der Waals surface area contributed by atoms with E-state index in [0.717, 1.165) is 0 Å². The number of primary amides is 1. The minimum Gasteiger partial charge on any atom is -0.350 e. The summed E-state index contributed by atoms with van der Waals surface area (Å²) in [5.41, 5.74) is 9.21. The SMILES string of the molecule is NC(=O)NNC1=NC(=S)NC(=O)C1. The first-order chi connectivity index (χ1) is 6.08. The third kappa shape index (κ3) is 3.03. The maximum atomic E-state index is 10.9. The Morgan fingerprint density at radius 3 is 2.92 bits per heavy atom. The van der Waals surface area contributed by atoms with Crippen molar-refractivity contribution in [1.82, 2.24) is 16.2 Å². The van der Waals surface area contributed by atoms with Crippen LogP contribution in [0.5, 0.6) is 0 Å². The van der Waals surface area contributed by atoms with E-state index in [1.54, 1.807) is 0 Å². The molecule has 1 heterocycles. The molecule has 0 fully saturated rings. The van der Waals surface area contributed by atoms with E-state index in [2.05, 4.69) is 33.4 Å². The highest BCUT2D eigenvalue weighted by atomic mass is 32.1. The fourth-order valence-corrected chi connectivity index (χ4v) is 0.936. The van der Waals surface area contributed by atoms with Crippen LogP contribution < -0.4 is 21.9 Å². The lowest BCUT2D eigenvalue weighted by atomic mass is 10.3. The van der Waals surface area contributed by atoms with E-state index in [1.165, 1.54) is 0 Å². The first kappa shape index (κ1) is 9.39. The fourth-order valence-electron chi connectivity index (χ4n) is 0.711. The Morgan fingerprint density at radius 1 is 1.69 bits per heavy atom. The third-order valence-corrected chi connectivity index (χ3v) is 1.33. The van der Waals surface area contributed by atoms with E-state index in [-0.39, 0.29) is 23.3 Å². The van der Waals surface area contributed by atoms with E-state index in [0.29, 0.717) is 0 Å². The van der Waals surface area contributed by atoms with Crippen molar-refractivity contribution in [3.8, 4) is 0 Å². The van der Waals surface area contributed by atoms with Crippen molar-refractivity contribution in [3.63, 3.8) is 0 Å². The second kappa shape index (κ2) is 3.81. The van der Waals surface area contributed by atoms with Crippen molar-refractivity contribution in [3.05, 3.63) is 0 Å². The number of hydrogen-bond donors (Lipinski definition) is 4. The number of amidine groups is 1. The molecule has 8 heteroatoms. The predicted octanol–water partition coefficient (Wildman–Crippen LogP) is -1.64. The number of rotatable bonds is 0. The van der Waals surface area contributed by atoms with Gasteiger partial charge in [0.15, 0.2) is 0 Å². The number of urea groups is 1. The molecule has 0 saturated carbocycles. The van der Waals surface area contributed by atoms with Gasteiger partial charge in [0, 0.05) is 0 Å². The number of nitrogens with one attached hydrogen (secondary N) is 3. The molecule has 0 aromatic heterocycles. The molecule has 0 spiro atoms. The van der Waals surface area contributed by atoms with Gasteiger partial charge in [0.1, 0.15) is 5.84 Å². The van der Waals surface area contributed by atoms with Crippen LogP contribution in [0.1, 0.15) is 6.42 Å². The Bertz CT molecular complexity index is 299. The fraction of sp³-hybridized carbons (Fsp3) is 0.200. The molecule has 0 saturated heterocycles. The topological polar surface area (TPSA) is 109 Å². The number of nitrogens with zero attached hydrogens (tertiary/aromatic N) is 1. The zero-order chi connectivity index (χ0) is 9.84. The van der Waals surface area contributed by atoms with Crippen LogP contribution in [0.2, 0.25) is 0 Å². The minimum absolute atomic E-state index is 0.0282. The van der Waals surface area contributed by atoms with Crippen LogP contribution in [0.4, 0.5) is 4.79 Å². The zero-order valence-electron chi connectivity index (χ0n) is 6.46. The molecular formula is C5H7N5O2S. The van der Waals surface area contributed by atoms with Gasteiger partial charge in [-0.25, -0.2) is 9.79 Å². The summed E-state index contributed by atoms with van der Waals surface area (Å²) in [5, 5.41) is 2.38. The summed E-state index contributed by atoms with van der Waals surface area (Å²) in [6.45, 7) is 0. The monoisotopic (exact) mass is 201 g/mol. The van der Waals surface area contributed by atoms with Gasteiger partial charge in [-0.15, -0.1) is 0 Å². The van der Waals surface area contributed by atoms with Crippen molar-refractivity contribution >= 4 is 35.1 Å². The number of aliphatic imine (C=N–C) groups is 1. The lowest BCUT2D eigenvalue weighted by Crippen LogP contribution is -2.48. The lowest BCUT2D eigenvalue weighted by molar-refractivity contribution is -0.118. The van der Waals surface area contributed by atoms with Crippen LogP contribution in [-0.4, -0.2) is 22.9 Å². The maximum Gasteiger partial charge on any atom is 0.330 e. The lowest BCUT2D eigenvalue weighted by Gasteiger charge is -2.14. The van der Waals surface area contributed by atoms with Gasteiger partial charge in [-0.05, 0) is 12.2 Å². The molecule has 1 aliphatic heterocycles. The summed E-state index contributed by atoms with van der Waals surface area (Å²) in [7, 11) is 0. The zero-order valence-corrected chi connectivity index (χ0v) is 7.27. The molecule has 7 nitrogen and oxygen atoms in total. The van der Waals surface area contributed by atoms with Crippen LogP contribution in [0, 0.1) is 0 Å². The van der Waals surface area contributed by atoms with Crippen LogP contribution >= 0.6 is 12.2 Å². The van der Waals surface area contributed by atoms with E-state index in [9.17, 15) is 9.59 Å². The normalized spacial score (nSPS) is 15.8. The molecule has 0 aromatic carbocycles. The first-order valence-corrected chi connectivity index (χ1v) is 3.71. The van der Waals surface area contributed by atoms with Gasteiger partial charge in [-0.3, -0.25) is 15.6 Å². The quantitative estimate of drug-likeness (QED) is 0.278. The molecular weight excluding hydrogens is 194 g/mol. The highest BCUT2D eigenvalue weighted by molar-refractivity contribution is 7.80. The molecule has 0 aliphatic carbocycles. The van der Waals surface area contributed by atoms with Crippen molar-refractivity contribution in [2.24, 2.45) is 10.7 Å². The van der Waals surface area contributed by atoms with Crippen LogP contribution in [0.3, 0.4) is 0 Å². The van der Waals surface area contributed by atoms with Gasteiger partial charge in [-0.1, -0.05) is 0 Å². The number of hydrazine groups is 1. The standard InChI is InChI=1S/C5H7N5O2S/c6-4(12)10-9-2-1-3(11)8-5(13)7-2/h1H2,(H3,6,10,12)(H2,7,8,9,11,13). The summed E-state index contributed by atoms with van der Waals surface area (Å²) in [5.74, 6) is -0.0266. The molecule has 0 atom stereocenters. The Labute approximate surface area is 78.7 Å². The summed E-state index contributed by atoms with van der Waals surface area (Å²) in [6.07, 6.45) is 0.0282. The minimum atomic E-state index is -0.764. The smallest absolute Gasteiger partial charge is 0.330 e. The Kier molecular flexibility index (Phi) is 2.75. The highest BCUT2D eigenvalue weighted by Crippen LogP contribution is 1.92. The maximum absolute atomic E-state index is 10.9. The number of thiocarbonyl (C=S) groups is 1. The average molecular weight is 201 g/mol. The van der Waals surface area contributed by atoms with Crippen LogP contribution in [0.25, 0.3) is 0 Å². The molecule has 5 N–H and O–H groups in total. The summed E-state index contributed by atoms with van der Waals surface area (Å²) in [4.78, 5) is 24.9. The average Bonchev–Trinajstić information content (AvgIpc) is 1.99. The Morgan fingerprint density at radius 2 is 2.38 bits per heavy atom. The number of hydrogen-bond acceptors (Lipinski definition) is 4. The molecule has 13 heavy (non-hydrogen) atoms. The number of carbonyl (C=O) groups excluding carboxylic acids is 2. The molecule has 70 valence electrons. The molecule has 0 bridgehead atoms. The second-order valence-electron chi connectivity index (χ2n) is 2.20. The van der Waals surface area contributed by atoms with E-state index in [1.807, 2.05) is 0 Å². The number of nitrogens with two attached hydrogens (primary N) is 1. The number of carbonyl (C=O) groups is 2. The van der Waals surface area contributed by atoms with Crippen molar-refractivity contribution < 1.29 is 9.59 Å². The molecule has 0 aromatic rings. The van der Waals surface area contributed by atoms with Crippen molar-refractivity contribution in [2.45, 2.75) is 6.42 Å². The van der Waals surface area contributed by atoms with E-state index >= 15 is 0 Å². The summed E-state index contributed by atoms with van der Waals surface area (Å²) < 4.78 is 0. The molecule has 3 amide bonds. The largest absolute Gasteiger partial charge is 0.350 e. The van der Waals surface area contributed by atoms with Crippen molar-refractivity contribution in [1.29, 1.82) is 0 Å². The molecule has 0 radical (unpaired) electrons. The Hall–Kier alpha value is -1.70. The summed E-state index contributed by atoms with van der Waals surface area (Å²) >= 11 is 4.64.